The van der Waals surface area contributed by atoms with Gasteiger partial charge in [-0.25, -0.2) is 0 Å². The Morgan fingerprint density at radius 2 is 1.68 bits per heavy atom. The zero-order chi connectivity index (χ0) is 24.5. The number of rotatable bonds is 5. The summed E-state index contributed by atoms with van der Waals surface area (Å²) in [5.41, 5.74) is -0.0839. The van der Waals surface area contributed by atoms with Crippen molar-refractivity contribution >= 4 is 17.6 Å². The van der Waals surface area contributed by atoms with E-state index in [4.69, 9.17) is 4.74 Å². The molecule has 2 saturated heterocycles. The lowest BCUT2D eigenvalue weighted by Gasteiger charge is -2.47. The molecule has 1 aromatic carbocycles. The average molecular weight is 470 g/mol. The van der Waals surface area contributed by atoms with Crippen molar-refractivity contribution in [2.45, 2.75) is 90.3 Å². The topological polar surface area (TPSA) is 53.1 Å². The highest BCUT2D eigenvalue weighted by atomic mass is 16.6. The minimum atomic E-state index is -0.574. The summed E-state index contributed by atoms with van der Waals surface area (Å²) in [7, 11) is 0. The van der Waals surface area contributed by atoms with Gasteiger partial charge in [0, 0.05) is 24.8 Å². The highest BCUT2D eigenvalue weighted by Gasteiger charge is 2.54. The summed E-state index contributed by atoms with van der Waals surface area (Å²) in [6.45, 7) is 12.6. The Kier molecular flexibility index (Phi) is 7.28. The first-order valence-corrected chi connectivity index (χ1v) is 13.2. The van der Waals surface area contributed by atoms with E-state index in [2.05, 4.69) is 35.8 Å². The molecule has 1 amide bonds. The quantitative estimate of drug-likeness (QED) is 0.586. The molecule has 188 valence electrons. The van der Waals surface area contributed by atoms with Gasteiger partial charge in [0.25, 0.3) is 5.91 Å². The Morgan fingerprint density at radius 3 is 2.24 bits per heavy atom. The number of benzene rings is 1. The minimum absolute atomic E-state index is 0.00408. The molecular weight excluding hydrogens is 426 g/mol. The molecule has 0 bridgehead atoms. The second-order valence-electron chi connectivity index (χ2n) is 11.9. The molecule has 6 heteroatoms. The van der Waals surface area contributed by atoms with E-state index in [-0.39, 0.29) is 18.4 Å². The number of esters is 1. The summed E-state index contributed by atoms with van der Waals surface area (Å²) in [4.78, 5) is 33.0. The number of anilines is 1. The first-order valence-electron chi connectivity index (χ1n) is 13.2. The van der Waals surface area contributed by atoms with Gasteiger partial charge < -0.3 is 19.4 Å². The van der Waals surface area contributed by atoms with Crippen molar-refractivity contribution in [3.63, 3.8) is 0 Å². The lowest BCUT2D eigenvalue weighted by atomic mass is 9.78. The zero-order valence-corrected chi connectivity index (χ0v) is 21.8. The molecule has 0 atom stereocenters. The number of piperidine rings is 1. The van der Waals surface area contributed by atoms with Crippen LogP contribution in [-0.2, 0) is 14.3 Å². The molecule has 0 radical (unpaired) electrons. The summed E-state index contributed by atoms with van der Waals surface area (Å²) in [5.74, 6) is 1.37. The van der Waals surface area contributed by atoms with Crippen molar-refractivity contribution in [3.05, 3.63) is 30.3 Å². The second-order valence-corrected chi connectivity index (χ2v) is 11.9. The Bertz CT molecular complexity index is 847. The fourth-order valence-corrected chi connectivity index (χ4v) is 6.24. The van der Waals surface area contributed by atoms with Gasteiger partial charge in [0.15, 0.2) is 0 Å². The summed E-state index contributed by atoms with van der Waals surface area (Å²) in [6, 6.07) is 10.8. The van der Waals surface area contributed by atoms with E-state index in [1.165, 1.54) is 25.7 Å². The predicted molar refractivity (Wildman–Crippen MR) is 135 cm³/mol. The molecule has 3 aliphatic rings. The number of carbonyl (C=O) groups is 2. The van der Waals surface area contributed by atoms with Crippen LogP contribution in [0.4, 0.5) is 5.69 Å². The van der Waals surface area contributed by atoms with Crippen molar-refractivity contribution in [1.29, 1.82) is 0 Å². The van der Waals surface area contributed by atoms with Crippen LogP contribution < -0.4 is 4.90 Å². The van der Waals surface area contributed by atoms with Gasteiger partial charge >= 0.3 is 5.97 Å². The number of likely N-dealkylation sites (tertiary alicyclic amines) is 1. The number of para-hydroxylation sites is 1. The fraction of sp³-hybridized carbons (Fsp3) is 0.714. The number of hydrogen-bond acceptors (Lipinski definition) is 5. The van der Waals surface area contributed by atoms with E-state index < -0.39 is 11.1 Å². The predicted octanol–water partition coefficient (Wildman–Crippen LogP) is 4.68. The summed E-state index contributed by atoms with van der Waals surface area (Å²) in [5, 5.41) is 0. The van der Waals surface area contributed by atoms with E-state index in [0.717, 1.165) is 43.5 Å². The summed E-state index contributed by atoms with van der Waals surface area (Å²) < 4.78 is 5.53. The van der Waals surface area contributed by atoms with E-state index in [9.17, 15) is 9.59 Å². The van der Waals surface area contributed by atoms with Gasteiger partial charge in [0.1, 0.15) is 17.7 Å². The fourth-order valence-electron chi connectivity index (χ4n) is 6.24. The van der Waals surface area contributed by atoms with E-state index in [1.807, 2.05) is 39.0 Å². The first-order chi connectivity index (χ1) is 16.1. The minimum Gasteiger partial charge on any atom is -0.459 e. The molecule has 0 N–H and O–H groups in total. The van der Waals surface area contributed by atoms with Gasteiger partial charge in [0.05, 0.1) is 6.67 Å². The molecule has 4 rings (SSSR count). The maximum Gasteiger partial charge on any atom is 0.326 e. The van der Waals surface area contributed by atoms with Gasteiger partial charge in [-0.15, -0.1) is 0 Å². The van der Waals surface area contributed by atoms with Crippen molar-refractivity contribution in [3.8, 4) is 0 Å². The molecule has 2 heterocycles. The van der Waals surface area contributed by atoms with Gasteiger partial charge in [-0.05, 0) is 83.3 Å². The molecule has 1 aliphatic carbocycles. The Balaban J connectivity index is 1.47. The third-order valence-electron chi connectivity index (χ3n) is 8.15. The number of hydrogen-bond donors (Lipinski definition) is 0. The molecule has 0 aromatic heterocycles. The number of amides is 1. The molecule has 0 unspecified atom stereocenters. The summed E-state index contributed by atoms with van der Waals surface area (Å²) >= 11 is 0. The standard InChI is InChI=1S/C28H43N3O3/c1-21(2)22-11-13-23(14-12-22)29-17-15-28(16-18-29)26(33)30(19-25(32)34-27(3,4)5)20-31(28)24-9-7-6-8-10-24/h6-10,21-23H,11-20H2,1-5H3/t22-,23-. The normalized spacial score (nSPS) is 25.9. The molecular formula is C28H43N3O3. The number of carbonyl (C=O) groups excluding carboxylic acids is 2. The Hall–Kier alpha value is -2.08. The van der Waals surface area contributed by atoms with Crippen LogP contribution in [0.1, 0.15) is 73.1 Å². The average Bonchev–Trinajstić information content (AvgIpc) is 3.05. The summed E-state index contributed by atoms with van der Waals surface area (Å²) in [6.07, 6.45) is 6.80. The van der Waals surface area contributed by atoms with Crippen molar-refractivity contribution in [2.75, 3.05) is 31.2 Å². The van der Waals surface area contributed by atoms with Crippen LogP contribution in [-0.4, -0.2) is 65.2 Å². The van der Waals surface area contributed by atoms with E-state index in [1.54, 1.807) is 4.90 Å². The van der Waals surface area contributed by atoms with Crippen LogP contribution in [0.3, 0.4) is 0 Å². The van der Waals surface area contributed by atoms with Crippen molar-refractivity contribution < 1.29 is 14.3 Å². The third-order valence-corrected chi connectivity index (χ3v) is 8.15. The number of ether oxygens (including phenoxy) is 1. The molecule has 1 saturated carbocycles. The van der Waals surface area contributed by atoms with Crippen molar-refractivity contribution in [1.82, 2.24) is 9.80 Å². The molecule has 2 aliphatic heterocycles. The SMILES string of the molecule is CC(C)[C@H]1CC[C@H](N2CCC3(CC2)C(=O)N(CC(=O)OC(C)(C)C)CN3c2ccccc2)CC1. The maximum absolute atomic E-state index is 13.8. The molecule has 6 nitrogen and oxygen atoms in total. The van der Waals surface area contributed by atoms with Crippen molar-refractivity contribution in [2.24, 2.45) is 11.8 Å². The van der Waals surface area contributed by atoms with Gasteiger partial charge in [-0.1, -0.05) is 32.0 Å². The number of nitrogens with zero attached hydrogens (tertiary/aromatic N) is 3. The molecule has 34 heavy (non-hydrogen) atoms. The lowest BCUT2D eigenvalue weighted by Crippen LogP contribution is -2.58. The van der Waals surface area contributed by atoms with Crippen LogP contribution in [0, 0.1) is 11.8 Å². The van der Waals surface area contributed by atoms with Crippen LogP contribution >= 0.6 is 0 Å². The van der Waals surface area contributed by atoms with Crippen LogP contribution in [0.15, 0.2) is 30.3 Å². The first kappa shape index (κ1) is 25.0. The van der Waals surface area contributed by atoms with Crippen LogP contribution in [0.5, 0.6) is 0 Å². The lowest BCUT2D eigenvalue weighted by molar-refractivity contribution is -0.158. The third kappa shape index (κ3) is 5.27. The van der Waals surface area contributed by atoms with Gasteiger partial charge in [-0.2, -0.15) is 0 Å². The highest BCUT2D eigenvalue weighted by molar-refractivity contribution is 5.95. The maximum atomic E-state index is 13.8. The van der Waals surface area contributed by atoms with Gasteiger partial charge in [0.2, 0.25) is 0 Å². The highest BCUT2D eigenvalue weighted by Crippen LogP contribution is 2.41. The zero-order valence-electron chi connectivity index (χ0n) is 21.8. The molecule has 1 spiro atoms. The van der Waals surface area contributed by atoms with Crippen LogP contribution in [0.25, 0.3) is 0 Å². The monoisotopic (exact) mass is 469 g/mol. The molecule has 3 fully saturated rings. The van der Waals surface area contributed by atoms with E-state index in [0.29, 0.717) is 12.7 Å². The Morgan fingerprint density at radius 1 is 1.06 bits per heavy atom. The van der Waals surface area contributed by atoms with Crippen LogP contribution in [0.2, 0.25) is 0 Å². The molecule has 1 aromatic rings. The van der Waals surface area contributed by atoms with Gasteiger partial charge in [-0.3, -0.25) is 9.59 Å². The Labute approximate surface area is 205 Å². The van der Waals surface area contributed by atoms with E-state index >= 15 is 0 Å². The smallest absolute Gasteiger partial charge is 0.326 e. The largest absolute Gasteiger partial charge is 0.459 e. The second kappa shape index (κ2) is 9.88.